The third kappa shape index (κ3) is 5.94. The number of rotatable bonds is 6. The number of halogens is 3. The van der Waals surface area contributed by atoms with Crippen LogP contribution in [-0.4, -0.2) is 54.6 Å². The molecule has 0 saturated carbocycles. The molecule has 0 unspecified atom stereocenters. The number of benzene rings is 2. The molecule has 1 atom stereocenters. The molecule has 8 nitrogen and oxygen atoms in total. The van der Waals surface area contributed by atoms with Gasteiger partial charge in [0.2, 0.25) is 17.3 Å². The van der Waals surface area contributed by atoms with Gasteiger partial charge in [-0.05, 0) is 29.8 Å². The first kappa shape index (κ1) is 25.7. The number of ether oxygens (including phenoxy) is 3. The van der Waals surface area contributed by atoms with Crippen molar-refractivity contribution in [1.29, 1.82) is 0 Å². The Morgan fingerprint density at radius 2 is 1.71 bits per heavy atom. The second-order valence-corrected chi connectivity index (χ2v) is 9.02. The van der Waals surface area contributed by atoms with E-state index in [1.54, 1.807) is 17.0 Å². The highest BCUT2D eigenvalue weighted by molar-refractivity contribution is 5.82. The summed E-state index contributed by atoms with van der Waals surface area (Å²) in [6, 6.07) is 13.1. The molecule has 2 aliphatic heterocycles. The van der Waals surface area contributed by atoms with Crippen LogP contribution in [0.4, 0.5) is 13.2 Å². The number of hydrogen-bond acceptors (Lipinski definition) is 7. The Balaban J connectivity index is 1.10. The maximum Gasteiger partial charge on any atom is 0.416 e. The minimum absolute atomic E-state index is 0.0275. The molecule has 2 aliphatic rings. The topological polar surface area (TPSA) is 81.5 Å². The maximum absolute atomic E-state index is 12.9. The van der Waals surface area contributed by atoms with Crippen LogP contribution in [0.25, 0.3) is 0 Å². The van der Waals surface area contributed by atoms with Crippen molar-refractivity contribution in [2.45, 2.75) is 25.4 Å². The van der Waals surface area contributed by atoms with Crippen molar-refractivity contribution in [2.24, 2.45) is 0 Å². The average molecular weight is 530 g/mol. The summed E-state index contributed by atoms with van der Waals surface area (Å²) in [6.07, 6.45) is -3.89. The van der Waals surface area contributed by atoms with Gasteiger partial charge in [0.1, 0.15) is 25.2 Å². The lowest BCUT2D eigenvalue weighted by Gasteiger charge is -2.36. The highest BCUT2D eigenvalue weighted by Gasteiger charge is 2.33. The molecule has 3 aromatic rings. The molecule has 1 amide bonds. The van der Waals surface area contributed by atoms with Gasteiger partial charge >= 0.3 is 6.18 Å². The number of piperazine rings is 1. The molecule has 0 N–H and O–H groups in total. The van der Waals surface area contributed by atoms with E-state index in [0.29, 0.717) is 55.5 Å². The van der Waals surface area contributed by atoms with Gasteiger partial charge in [0, 0.05) is 32.2 Å². The van der Waals surface area contributed by atoms with Gasteiger partial charge in [0.05, 0.1) is 12.1 Å². The Morgan fingerprint density at radius 1 is 1.00 bits per heavy atom. The number of carbonyl (C=O) groups excluding carboxylic acids is 1. The standard InChI is InChI=1S/C27H25F3N2O6/c28-27(29,30)19-7-5-18(6-8-19)15-36-24-16-35-20(13-21(24)33)14-31-9-11-32(12-10-31)26(34)25-17-37-22-3-1-2-4-23(22)38-25/h1-8,13,16,25H,9-12,14-15,17H2/t25-/m0/s1. The molecular formula is C27H25F3N2O6. The largest absolute Gasteiger partial charge is 0.485 e. The van der Waals surface area contributed by atoms with Gasteiger partial charge in [-0.25, -0.2) is 0 Å². The third-order valence-electron chi connectivity index (χ3n) is 6.38. The van der Waals surface area contributed by atoms with Crippen LogP contribution < -0.4 is 19.6 Å². The maximum atomic E-state index is 12.9. The van der Waals surface area contributed by atoms with E-state index in [0.717, 1.165) is 12.1 Å². The number of nitrogens with zero attached hydrogens (tertiary/aromatic N) is 2. The van der Waals surface area contributed by atoms with Crippen LogP contribution in [0, 0.1) is 0 Å². The zero-order valence-corrected chi connectivity index (χ0v) is 20.3. The molecule has 1 saturated heterocycles. The van der Waals surface area contributed by atoms with E-state index in [1.165, 1.54) is 24.5 Å². The molecule has 3 heterocycles. The smallest absolute Gasteiger partial charge is 0.416 e. The molecule has 11 heteroatoms. The number of hydrogen-bond donors (Lipinski definition) is 0. The van der Waals surface area contributed by atoms with Gasteiger partial charge < -0.3 is 23.5 Å². The number of para-hydroxylation sites is 2. The SMILES string of the molecule is O=C([C@@H]1COc2ccccc2O1)N1CCN(Cc2cc(=O)c(OCc3ccc(C(F)(F)F)cc3)co2)CC1. The van der Waals surface area contributed by atoms with Crippen molar-refractivity contribution in [1.82, 2.24) is 9.80 Å². The normalized spacial score (nSPS) is 17.8. The summed E-state index contributed by atoms with van der Waals surface area (Å²) in [5, 5.41) is 0. The molecule has 38 heavy (non-hydrogen) atoms. The highest BCUT2D eigenvalue weighted by atomic mass is 19.4. The van der Waals surface area contributed by atoms with Crippen LogP contribution in [0.1, 0.15) is 16.9 Å². The van der Waals surface area contributed by atoms with Crippen molar-refractivity contribution < 1.29 is 36.6 Å². The minimum Gasteiger partial charge on any atom is -0.485 e. The van der Waals surface area contributed by atoms with Gasteiger partial charge in [0.15, 0.2) is 11.5 Å². The number of alkyl halides is 3. The molecule has 200 valence electrons. The van der Waals surface area contributed by atoms with Crippen molar-refractivity contribution >= 4 is 5.91 Å². The van der Waals surface area contributed by atoms with Crippen LogP contribution in [0.5, 0.6) is 17.2 Å². The Morgan fingerprint density at radius 3 is 2.39 bits per heavy atom. The van der Waals surface area contributed by atoms with E-state index in [2.05, 4.69) is 4.90 Å². The second-order valence-electron chi connectivity index (χ2n) is 9.02. The molecule has 0 aliphatic carbocycles. The lowest BCUT2D eigenvalue weighted by Crippen LogP contribution is -2.53. The van der Waals surface area contributed by atoms with Gasteiger partial charge in [-0.3, -0.25) is 14.5 Å². The van der Waals surface area contributed by atoms with E-state index < -0.39 is 17.8 Å². The number of fused-ring (bicyclic) bond motifs is 1. The van der Waals surface area contributed by atoms with Crippen LogP contribution in [0.3, 0.4) is 0 Å². The van der Waals surface area contributed by atoms with E-state index in [1.807, 2.05) is 12.1 Å². The van der Waals surface area contributed by atoms with Crippen molar-refractivity contribution in [3.05, 3.63) is 88.0 Å². The zero-order chi connectivity index (χ0) is 26.7. The summed E-state index contributed by atoms with van der Waals surface area (Å²) in [5.41, 5.74) is -0.651. The quantitative estimate of drug-likeness (QED) is 0.481. The van der Waals surface area contributed by atoms with Crippen molar-refractivity contribution in [3.63, 3.8) is 0 Å². The molecule has 1 aromatic heterocycles. The average Bonchev–Trinajstić information content (AvgIpc) is 2.92. The van der Waals surface area contributed by atoms with Crippen LogP contribution in [0.2, 0.25) is 0 Å². The van der Waals surface area contributed by atoms with Gasteiger partial charge in [-0.15, -0.1) is 0 Å². The second kappa shape index (κ2) is 10.8. The summed E-state index contributed by atoms with van der Waals surface area (Å²) in [4.78, 5) is 29.2. The van der Waals surface area contributed by atoms with Gasteiger partial charge in [-0.1, -0.05) is 24.3 Å². The fourth-order valence-corrected chi connectivity index (χ4v) is 4.27. The predicted molar refractivity (Wildman–Crippen MR) is 129 cm³/mol. The van der Waals surface area contributed by atoms with Crippen molar-refractivity contribution in [2.75, 3.05) is 32.8 Å². The molecule has 1 fully saturated rings. The lowest BCUT2D eigenvalue weighted by atomic mass is 10.1. The molecule has 0 bridgehead atoms. The van der Waals surface area contributed by atoms with Gasteiger partial charge in [-0.2, -0.15) is 13.2 Å². The summed E-state index contributed by atoms with van der Waals surface area (Å²) >= 11 is 0. The van der Waals surface area contributed by atoms with E-state index in [-0.39, 0.29) is 30.3 Å². The van der Waals surface area contributed by atoms with Crippen LogP contribution in [0.15, 0.2) is 70.1 Å². The minimum atomic E-state index is -4.41. The van der Waals surface area contributed by atoms with E-state index >= 15 is 0 Å². The Kier molecular flexibility index (Phi) is 7.28. The molecule has 0 radical (unpaired) electrons. The number of amides is 1. The first-order chi connectivity index (χ1) is 18.3. The zero-order valence-electron chi connectivity index (χ0n) is 20.3. The molecular weight excluding hydrogens is 505 g/mol. The van der Waals surface area contributed by atoms with Crippen molar-refractivity contribution in [3.8, 4) is 17.2 Å². The highest BCUT2D eigenvalue weighted by Crippen LogP contribution is 2.31. The first-order valence-corrected chi connectivity index (χ1v) is 12.1. The molecule has 0 spiro atoms. The van der Waals surface area contributed by atoms with E-state index in [9.17, 15) is 22.8 Å². The Bertz CT molecular complexity index is 1330. The monoisotopic (exact) mass is 530 g/mol. The fraction of sp³-hybridized carbons (Fsp3) is 0.333. The van der Waals surface area contributed by atoms with Crippen LogP contribution >= 0.6 is 0 Å². The Labute approximate surface area is 216 Å². The summed E-state index contributed by atoms with van der Waals surface area (Å²) in [5.74, 6) is 1.47. The van der Waals surface area contributed by atoms with Gasteiger partial charge in [0.25, 0.3) is 5.91 Å². The fourth-order valence-electron chi connectivity index (χ4n) is 4.27. The van der Waals surface area contributed by atoms with E-state index in [4.69, 9.17) is 18.6 Å². The third-order valence-corrected chi connectivity index (χ3v) is 6.38. The molecule has 2 aromatic carbocycles. The Hall–Kier alpha value is -3.99. The van der Waals surface area contributed by atoms with Crippen LogP contribution in [-0.2, 0) is 24.1 Å². The summed E-state index contributed by atoms with van der Waals surface area (Å²) in [6.45, 7) is 2.65. The predicted octanol–water partition coefficient (Wildman–Crippen LogP) is 3.72. The lowest BCUT2D eigenvalue weighted by molar-refractivity contribution is -0.143. The molecule has 5 rings (SSSR count). The first-order valence-electron chi connectivity index (χ1n) is 12.1. The number of carbonyl (C=O) groups is 1. The summed E-state index contributed by atoms with van der Waals surface area (Å²) < 4.78 is 60.6. The summed E-state index contributed by atoms with van der Waals surface area (Å²) in [7, 11) is 0.